The van der Waals surface area contributed by atoms with Crippen LogP contribution in [0.3, 0.4) is 0 Å². The molecule has 0 bridgehead atoms. The van der Waals surface area contributed by atoms with Crippen molar-refractivity contribution >= 4 is 10.8 Å². The predicted molar refractivity (Wildman–Crippen MR) is 132 cm³/mol. The Kier molecular flexibility index (Phi) is 8.02. The minimum Gasteiger partial charge on any atom is -0.490 e. The van der Waals surface area contributed by atoms with Crippen molar-refractivity contribution in [3.63, 3.8) is 0 Å². The largest absolute Gasteiger partial charge is 0.490 e. The molecule has 6 nitrogen and oxygen atoms in total. The fraction of sp³-hybridized carbons (Fsp3) is 0.593. The predicted octanol–water partition coefficient (Wildman–Crippen LogP) is 6.44. The Morgan fingerprint density at radius 1 is 0.923 bits per heavy atom. The highest BCUT2D eigenvalue weighted by Crippen LogP contribution is 2.44. The first-order valence-corrected chi connectivity index (χ1v) is 13.4. The average molecular weight is 556 g/mol. The van der Waals surface area contributed by atoms with Crippen molar-refractivity contribution in [3.8, 4) is 5.75 Å². The van der Waals surface area contributed by atoms with E-state index in [1.165, 1.54) is 12.1 Å². The van der Waals surface area contributed by atoms with Crippen molar-refractivity contribution in [1.82, 2.24) is 25.5 Å². The zero-order chi connectivity index (χ0) is 27.6. The van der Waals surface area contributed by atoms with Crippen LogP contribution in [0.25, 0.3) is 10.8 Å². The Hall–Kier alpha value is -2.89. The molecule has 2 aromatic carbocycles. The van der Waals surface area contributed by atoms with Crippen LogP contribution in [0.15, 0.2) is 30.3 Å². The molecule has 2 fully saturated rings. The van der Waals surface area contributed by atoms with E-state index in [-0.39, 0.29) is 36.8 Å². The monoisotopic (exact) mass is 555 g/mol. The Morgan fingerprint density at radius 2 is 1.67 bits per heavy atom. The molecule has 0 spiro atoms. The van der Waals surface area contributed by atoms with Crippen LogP contribution in [0.1, 0.15) is 67.8 Å². The number of hydrogen-bond acceptors (Lipinski definition) is 5. The van der Waals surface area contributed by atoms with Gasteiger partial charge in [0.05, 0.1) is 18.6 Å². The lowest BCUT2D eigenvalue weighted by atomic mass is 9.87. The van der Waals surface area contributed by atoms with Gasteiger partial charge in [-0.25, -0.2) is 0 Å². The highest BCUT2D eigenvalue weighted by Gasteiger charge is 2.42. The van der Waals surface area contributed by atoms with Crippen LogP contribution in [0.5, 0.6) is 5.75 Å². The fourth-order valence-electron chi connectivity index (χ4n) is 5.61. The van der Waals surface area contributed by atoms with Gasteiger partial charge in [0.2, 0.25) is 0 Å². The summed E-state index contributed by atoms with van der Waals surface area (Å²) in [6, 6.07) is 7.72. The third kappa shape index (κ3) is 6.64. The standard InChI is InChI=1S/C27H31F6N5O/c28-26(29,30)20-5-7-21(8-6-20)39-23-10-4-19-16-17(3-9-22(19)24(23)27(31,32)33)2-1-15-38-36-25(35-37-38)18-11-13-34-14-12-18/h3-4,9-10,16,18,20-21,34H,1-2,5-8,11-15H2/t20-,21+. The van der Waals surface area contributed by atoms with E-state index in [9.17, 15) is 26.3 Å². The molecule has 1 N–H and O–H groups in total. The maximum absolute atomic E-state index is 14.1. The number of rotatable bonds is 7. The number of benzene rings is 2. The summed E-state index contributed by atoms with van der Waals surface area (Å²) >= 11 is 0. The zero-order valence-corrected chi connectivity index (χ0v) is 21.4. The molecule has 0 unspecified atom stereocenters. The summed E-state index contributed by atoms with van der Waals surface area (Å²) in [4.78, 5) is 1.58. The smallest absolute Gasteiger partial charge is 0.420 e. The van der Waals surface area contributed by atoms with Crippen LogP contribution in [0.4, 0.5) is 26.3 Å². The second-order valence-corrected chi connectivity index (χ2v) is 10.5. The van der Waals surface area contributed by atoms with Crippen molar-refractivity contribution in [2.24, 2.45) is 5.92 Å². The molecule has 39 heavy (non-hydrogen) atoms. The fourth-order valence-corrected chi connectivity index (χ4v) is 5.61. The number of tetrazole rings is 1. The van der Waals surface area contributed by atoms with Crippen molar-refractivity contribution in [2.45, 2.75) is 82.3 Å². The van der Waals surface area contributed by atoms with Crippen LogP contribution >= 0.6 is 0 Å². The molecule has 0 amide bonds. The van der Waals surface area contributed by atoms with E-state index >= 15 is 0 Å². The first-order valence-electron chi connectivity index (χ1n) is 13.4. The molecule has 2 heterocycles. The van der Waals surface area contributed by atoms with E-state index < -0.39 is 29.9 Å². The van der Waals surface area contributed by atoms with E-state index in [0.717, 1.165) is 37.3 Å². The Morgan fingerprint density at radius 3 is 2.36 bits per heavy atom. The number of nitrogens with zero attached hydrogens (tertiary/aromatic N) is 4. The van der Waals surface area contributed by atoms with Gasteiger partial charge in [0.1, 0.15) is 11.3 Å². The molecule has 5 rings (SSSR count). The van der Waals surface area contributed by atoms with Gasteiger partial charge in [-0.1, -0.05) is 24.3 Å². The number of aryl methyl sites for hydroxylation is 2. The van der Waals surface area contributed by atoms with E-state index in [2.05, 4.69) is 20.7 Å². The summed E-state index contributed by atoms with van der Waals surface area (Å²) in [5.41, 5.74) is -0.00443. The van der Waals surface area contributed by atoms with Gasteiger partial charge in [-0.05, 0) is 92.1 Å². The number of nitrogens with one attached hydrogen (secondary N) is 1. The number of alkyl halides is 6. The normalized spacial score (nSPS) is 21.4. The Bertz CT molecular complexity index is 1260. The summed E-state index contributed by atoms with van der Waals surface area (Å²) in [5, 5.41) is 16.6. The van der Waals surface area contributed by atoms with Gasteiger partial charge < -0.3 is 10.1 Å². The molecule has 0 atom stereocenters. The van der Waals surface area contributed by atoms with Crippen molar-refractivity contribution < 1.29 is 31.1 Å². The minimum absolute atomic E-state index is 0.0114. The van der Waals surface area contributed by atoms with Crippen LogP contribution in [-0.4, -0.2) is 45.6 Å². The van der Waals surface area contributed by atoms with Crippen LogP contribution < -0.4 is 10.1 Å². The zero-order valence-electron chi connectivity index (χ0n) is 21.4. The van der Waals surface area contributed by atoms with E-state index in [1.807, 2.05) is 0 Å². The van der Waals surface area contributed by atoms with Gasteiger partial charge in [-0.2, -0.15) is 31.1 Å². The van der Waals surface area contributed by atoms with Crippen LogP contribution in [0, 0.1) is 5.92 Å². The van der Waals surface area contributed by atoms with Crippen molar-refractivity contribution in [3.05, 3.63) is 47.3 Å². The molecule has 2 aliphatic rings. The van der Waals surface area contributed by atoms with E-state index in [4.69, 9.17) is 4.74 Å². The number of aromatic nitrogens is 4. The first kappa shape index (κ1) is 27.7. The third-order valence-electron chi connectivity index (χ3n) is 7.76. The molecule has 1 aromatic heterocycles. The second-order valence-electron chi connectivity index (χ2n) is 10.5. The summed E-state index contributed by atoms with van der Waals surface area (Å²) in [6.45, 7) is 2.43. The molecule has 3 aromatic rings. The lowest BCUT2D eigenvalue weighted by Gasteiger charge is -2.31. The summed E-state index contributed by atoms with van der Waals surface area (Å²) in [6.07, 6.45) is -6.51. The van der Waals surface area contributed by atoms with Gasteiger partial charge >= 0.3 is 12.4 Å². The topological polar surface area (TPSA) is 64.9 Å². The third-order valence-corrected chi connectivity index (χ3v) is 7.76. The molecule has 12 heteroatoms. The van der Waals surface area contributed by atoms with Gasteiger partial charge in [0.15, 0.2) is 5.82 Å². The average Bonchev–Trinajstić information content (AvgIpc) is 3.37. The maximum Gasteiger partial charge on any atom is 0.420 e. The van der Waals surface area contributed by atoms with Crippen LogP contribution in [-0.2, 0) is 19.1 Å². The van der Waals surface area contributed by atoms with Gasteiger partial charge in [0, 0.05) is 5.92 Å². The van der Waals surface area contributed by atoms with E-state index in [0.29, 0.717) is 30.7 Å². The van der Waals surface area contributed by atoms with Gasteiger partial charge in [0.25, 0.3) is 0 Å². The highest BCUT2D eigenvalue weighted by molar-refractivity contribution is 5.89. The number of fused-ring (bicyclic) bond motifs is 1. The molecule has 1 aliphatic heterocycles. The van der Waals surface area contributed by atoms with Crippen molar-refractivity contribution in [2.75, 3.05) is 13.1 Å². The number of halogens is 6. The summed E-state index contributed by atoms with van der Waals surface area (Å²) in [5.74, 6) is -0.688. The Labute approximate surface area is 222 Å². The molecular weight excluding hydrogens is 524 g/mol. The Balaban J connectivity index is 1.24. The molecule has 1 saturated heterocycles. The lowest BCUT2D eigenvalue weighted by Crippen LogP contribution is -2.32. The maximum atomic E-state index is 14.1. The minimum atomic E-state index is -4.68. The SMILES string of the molecule is FC(F)(F)c1c(O[C@H]2CC[C@@H](C(F)(F)F)CC2)ccc2cc(CCCn3nnc(C4CCNCC4)n3)ccc12. The molecule has 1 aliphatic carbocycles. The second kappa shape index (κ2) is 11.3. The van der Waals surface area contributed by atoms with E-state index in [1.54, 1.807) is 23.0 Å². The quantitative estimate of drug-likeness (QED) is 0.340. The van der Waals surface area contributed by atoms with Gasteiger partial charge in [-0.3, -0.25) is 0 Å². The molecular formula is C27H31F6N5O. The number of hydrogen-bond donors (Lipinski definition) is 1. The number of ether oxygens (including phenoxy) is 1. The molecule has 0 radical (unpaired) electrons. The molecule has 1 saturated carbocycles. The first-order chi connectivity index (χ1) is 18.6. The lowest BCUT2D eigenvalue weighted by molar-refractivity contribution is -0.185. The van der Waals surface area contributed by atoms with Crippen molar-refractivity contribution in [1.29, 1.82) is 0 Å². The number of piperidine rings is 1. The summed E-state index contributed by atoms with van der Waals surface area (Å²) in [7, 11) is 0. The highest BCUT2D eigenvalue weighted by atomic mass is 19.4. The summed E-state index contributed by atoms with van der Waals surface area (Å²) < 4.78 is 86.9. The molecule has 212 valence electrons. The van der Waals surface area contributed by atoms with Gasteiger partial charge in [-0.15, -0.1) is 10.2 Å². The van der Waals surface area contributed by atoms with Crippen LogP contribution in [0.2, 0.25) is 0 Å².